The van der Waals surface area contributed by atoms with E-state index in [9.17, 15) is 14.4 Å². The van der Waals surface area contributed by atoms with Gasteiger partial charge in [-0.25, -0.2) is 9.48 Å². The van der Waals surface area contributed by atoms with Crippen molar-refractivity contribution in [2.24, 2.45) is 4.99 Å². The Morgan fingerprint density at radius 2 is 1.85 bits per heavy atom. The number of carbonyl (C=O) groups excluding carboxylic acids is 2. The largest absolute Gasteiger partial charge is 0.466 e. The lowest BCUT2D eigenvalue weighted by Crippen LogP contribution is -2.17. The van der Waals surface area contributed by atoms with Crippen LogP contribution in [0.3, 0.4) is 0 Å². The molecule has 1 aromatic heterocycles. The Labute approximate surface area is 191 Å². The van der Waals surface area contributed by atoms with E-state index in [4.69, 9.17) is 4.74 Å². The van der Waals surface area contributed by atoms with Gasteiger partial charge in [0.1, 0.15) is 0 Å². The van der Waals surface area contributed by atoms with E-state index in [1.807, 2.05) is 31.2 Å². The van der Waals surface area contributed by atoms with Crippen LogP contribution in [0.2, 0.25) is 0 Å². The van der Waals surface area contributed by atoms with Crippen molar-refractivity contribution in [3.63, 3.8) is 0 Å². The number of hydrogen-bond acceptors (Lipinski definition) is 6. The molecule has 1 amide bonds. The second kappa shape index (κ2) is 10.9. The minimum Gasteiger partial charge on any atom is -0.466 e. The average Bonchev–Trinajstić information content (AvgIpc) is 3.13. The molecular weight excluding hydrogens is 424 g/mol. The minimum atomic E-state index is -0.595. The van der Waals surface area contributed by atoms with E-state index in [1.54, 1.807) is 31.2 Å². The van der Waals surface area contributed by atoms with Crippen LogP contribution in [0.4, 0.5) is 16.2 Å². The number of aromatic nitrogens is 2. The zero-order chi connectivity index (χ0) is 23.8. The Bertz CT molecular complexity index is 1210. The van der Waals surface area contributed by atoms with Crippen LogP contribution in [-0.2, 0) is 27.1 Å². The summed E-state index contributed by atoms with van der Waals surface area (Å²) in [6.07, 6.45) is 1.58. The summed E-state index contributed by atoms with van der Waals surface area (Å²) in [5.41, 5.74) is 3.14. The number of anilines is 1. The number of carbonyl (C=O) groups is 2. The van der Waals surface area contributed by atoms with Gasteiger partial charge in [-0.2, -0.15) is 0 Å². The maximum absolute atomic E-state index is 13.2. The molecule has 0 aliphatic heterocycles. The van der Waals surface area contributed by atoms with Crippen LogP contribution in [0.1, 0.15) is 30.7 Å². The summed E-state index contributed by atoms with van der Waals surface area (Å²) < 4.78 is 10.9. The topological polar surface area (TPSA) is 115 Å². The molecule has 0 fully saturated rings. The predicted octanol–water partition coefficient (Wildman–Crippen LogP) is 3.76. The number of esters is 1. The van der Waals surface area contributed by atoms with Crippen molar-refractivity contribution in [2.75, 3.05) is 19.0 Å². The fraction of sp³-hybridized carbons (Fsp3) is 0.250. The molecule has 172 valence electrons. The number of aliphatic imine (C=N–C) groups is 1. The Morgan fingerprint density at radius 1 is 1.12 bits per heavy atom. The molecule has 33 heavy (non-hydrogen) atoms. The Kier molecular flexibility index (Phi) is 7.80. The van der Waals surface area contributed by atoms with Crippen LogP contribution >= 0.6 is 0 Å². The van der Waals surface area contributed by atoms with Gasteiger partial charge in [-0.3, -0.25) is 25.0 Å². The molecular formula is C24H26N4O5. The molecule has 0 saturated carbocycles. The molecule has 0 saturated heterocycles. The number of amides is 1. The lowest BCUT2D eigenvalue weighted by molar-refractivity contribution is -0.142. The van der Waals surface area contributed by atoms with E-state index in [2.05, 4.69) is 20.1 Å². The number of aryl methyl sites for hydroxylation is 1. The monoisotopic (exact) mass is 450 g/mol. The molecule has 0 radical (unpaired) electrons. The normalized spacial score (nSPS) is 10.9. The van der Waals surface area contributed by atoms with Gasteiger partial charge in [0.05, 0.1) is 42.8 Å². The SMILES string of the molecule is CCOC(=O)Cc1[nH]n(-c2ccc(NC(=O)OC)cc2)c(=O)c1C=Nc1ccccc1CC. The van der Waals surface area contributed by atoms with Crippen molar-refractivity contribution in [1.29, 1.82) is 0 Å². The molecule has 1 heterocycles. The van der Waals surface area contributed by atoms with Gasteiger partial charge < -0.3 is 9.47 Å². The summed E-state index contributed by atoms with van der Waals surface area (Å²) in [6.45, 7) is 3.99. The number of methoxy groups -OCH3 is 1. The maximum Gasteiger partial charge on any atom is 0.411 e. The second-order valence-electron chi connectivity index (χ2n) is 7.03. The van der Waals surface area contributed by atoms with Crippen molar-refractivity contribution >= 4 is 29.7 Å². The number of para-hydroxylation sites is 1. The van der Waals surface area contributed by atoms with Gasteiger partial charge in [0.2, 0.25) is 0 Å². The van der Waals surface area contributed by atoms with E-state index < -0.39 is 12.1 Å². The molecule has 0 aliphatic carbocycles. The minimum absolute atomic E-state index is 0.102. The van der Waals surface area contributed by atoms with E-state index >= 15 is 0 Å². The van der Waals surface area contributed by atoms with Gasteiger partial charge in [-0.05, 0) is 49.2 Å². The van der Waals surface area contributed by atoms with Gasteiger partial charge in [-0.1, -0.05) is 25.1 Å². The predicted molar refractivity (Wildman–Crippen MR) is 126 cm³/mol. The van der Waals surface area contributed by atoms with Gasteiger partial charge in [0, 0.05) is 11.9 Å². The maximum atomic E-state index is 13.2. The summed E-state index contributed by atoms with van der Waals surface area (Å²) in [7, 11) is 1.27. The number of ether oxygens (including phenoxy) is 2. The van der Waals surface area contributed by atoms with Crippen molar-refractivity contribution in [3.05, 3.63) is 75.7 Å². The van der Waals surface area contributed by atoms with Crippen molar-refractivity contribution in [2.45, 2.75) is 26.7 Å². The fourth-order valence-corrected chi connectivity index (χ4v) is 3.23. The Balaban J connectivity index is 1.99. The average molecular weight is 450 g/mol. The third-order valence-electron chi connectivity index (χ3n) is 4.89. The van der Waals surface area contributed by atoms with Gasteiger partial charge in [0.25, 0.3) is 5.56 Å². The lowest BCUT2D eigenvalue weighted by Gasteiger charge is -2.06. The molecule has 9 heteroatoms. The highest BCUT2D eigenvalue weighted by atomic mass is 16.5. The van der Waals surface area contributed by atoms with Crippen LogP contribution in [-0.4, -0.2) is 41.8 Å². The number of aromatic amines is 1. The van der Waals surface area contributed by atoms with Crippen LogP contribution in [0.15, 0.2) is 58.3 Å². The Morgan fingerprint density at radius 3 is 2.52 bits per heavy atom. The molecule has 3 rings (SSSR count). The van der Waals surface area contributed by atoms with Crippen molar-refractivity contribution < 1.29 is 19.1 Å². The number of benzene rings is 2. The standard InChI is InChI=1S/C24H26N4O5/c1-4-16-8-6-7-9-20(16)25-15-19-21(14-22(29)33-5-2)27-28(23(19)30)18-12-10-17(11-13-18)26-24(31)32-3/h6-13,15,27H,4-5,14H2,1-3H3,(H,26,31). The quantitative estimate of drug-likeness (QED) is 0.401. The van der Waals surface area contributed by atoms with Crippen LogP contribution < -0.4 is 10.9 Å². The molecule has 0 spiro atoms. The molecule has 2 N–H and O–H groups in total. The van der Waals surface area contributed by atoms with Gasteiger partial charge in [0.15, 0.2) is 0 Å². The summed E-state index contributed by atoms with van der Waals surface area (Å²) in [5, 5.41) is 5.54. The molecule has 9 nitrogen and oxygen atoms in total. The van der Waals surface area contributed by atoms with Crippen LogP contribution in [0.25, 0.3) is 5.69 Å². The number of H-pyrrole nitrogens is 1. The van der Waals surface area contributed by atoms with E-state index in [0.717, 1.165) is 17.7 Å². The summed E-state index contributed by atoms with van der Waals surface area (Å²) >= 11 is 0. The summed E-state index contributed by atoms with van der Waals surface area (Å²) in [4.78, 5) is 41.2. The smallest absolute Gasteiger partial charge is 0.411 e. The molecule has 3 aromatic rings. The fourth-order valence-electron chi connectivity index (χ4n) is 3.23. The number of rotatable bonds is 8. The van der Waals surface area contributed by atoms with Gasteiger partial charge in [-0.15, -0.1) is 0 Å². The first-order valence-corrected chi connectivity index (χ1v) is 10.5. The third kappa shape index (κ3) is 5.76. The highest BCUT2D eigenvalue weighted by molar-refractivity contribution is 5.86. The zero-order valence-electron chi connectivity index (χ0n) is 18.8. The highest BCUT2D eigenvalue weighted by Crippen LogP contribution is 2.19. The zero-order valence-corrected chi connectivity index (χ0v) is 18.8. The lowest BCUT2D eigenvalue weighted by atomic mass is 10.1. The molecule has 0 bridgehead atoms. The first-order valence-electron chi connectivity index (χ1n) is 10.5. The van der Waals surface area contributed by atoms with E-state index in [1.165, 1.54) is 18.0 Å². The third-order valence-corrected chi connectivity index (χ3v) is 4.89. The van der Waals surface area contributed by atoms with Crippen LogP contribution in [0, 0.1) is 0 Å². The first-order chi connectivity index (χ1) is 16.0. The van der Waals surface area contributed by atoms with Crippen molar-refractivity contribution in [3.8, 4) is 5.69 Å². The number of nitrogens with one attached hydrogen (secondary N) is 2. The van der Waals surface area contributed by atoms with E-state index in [-0.39, 0.29) is 24.2 Å². The van der Waals surface area contributed by atoms with E-state index in [0.29, 0.717) is 17.1 Å². The molecule has 0 atom stereocenters. The summed E-state index contributed by atoms with van der Waals surface area (Å²) in [6, 6.07) is 14.3. The first kappa shape index (κ1) is 23.5. The summed E-state index contributed by atoms with van der Waals surface area (Å²) in [5.74, 6) is -0.452. The number of nitrogens with zero attached hydrogens (tertiary/aromatic N) is 2. The van der Waals surface area contributed by atoms with Crippen LogP contribution in [0.5, 0.6) is 0 Å². The molecule has 0 unspecified atom stereocenters. The number of hydrogen-bond donors (Lipinski definition) is 2. The highest BCUT2D eigenvalue weighted by Gasteiger charge is 2.17. The van der Waals surface area contributed by atoms with Gasteiger partial charge >= 0.3 is 12.1 Å². The second-order valence-corrected chi connectivity index (χ2v) is 7.03. The van der Waals surface area contributed by atoms with Crippen molar-refractivity contribution in [1.82, 2.24) is 9.78 Å². The molecule has 2 aromatic carbocycles. The Hall–Kier alpha value is -4.14. The molecule has 0 aliphatic rings.